The fraction of sp³-hybridized carbons (Fsp3) is 0.409. The number of piperidine rings is 1. The van der Waals surface area contributed by atoms with Crippen molar-refractivity contribution in [3.8, 4) is 16.9 Å². The first-order valence-corrected chi connectivity index (χ1v) is 10.2. The molecule has 2 amide bonds. The van der Waals surface area contributed by atoms with Crippen LogP contribution in [0, 0.1) is 0 Å². The van der Waals surface area contributed by atoms with Gasteiger partial charge in [-0.2, -0.15) is 5.10 Å². The SMILES string of the molecule is CCCNC(=O)N1CCCC(c2ccnc3c(-c4ccc(OC)cc4)cnn23)C1. The summed E-state index contributed by atoms with van der Waals surface area (Å²) in [5, 5.41) is 7.62. The zero-order chi connectivity index (χ0) is 20.2. The van der Waals surface area contributed by atoms with Crippen LogP contribution in [0.25, 0.3) is 16.8 Å². The van der Waals surface area contributed by atoms with Gasteiger partial charge in [0.15, 0.2) is 5.65 Å². The van der Waals surface area contributed by atoms with Gasteiger partial charge >= 0.3 is 6.03 Å². The molecule has 3 aromatic rings. The molecule has 0 saturated carbocycles. The molecule has 0 spiro atoms. The predicted octanol–water partition coefficient (Wildman–Crippen LogP) is 3.70. The molecule has 0 aliphatic carbocycles. The minimum Gasteiger partial charge on any atom is -0.497 e. The standard InChI is InChI=1S/C22H27N5O2/c1-3-11-24-22(28)26-13-4-5-17(15-26)20-10-12-23-21-19(14-25-27(20)21)16-6-8-18(29-2)9-7-16/h6-10,12,14,17H,3-5,11,13,15H2,1-2H3,(H,24,28). The average molecular weight is 393 g/mol. The maximum absolute atomic E-state index is 12.4. The van der Waals surface area contributed by atoms with Crippen molar-refractivity contribution in [2.24, 2.45) is 0 Å². The van der Waals surface area contributed by atoms with Gasteiger partial charge in [-0.3, -0.25) is 0 Å². The van der Waals surface area contributed by atoms with Crippen LogP contribution in [0.1, 0.15) is 37.8 Å². The Hall–Kier alpha value is -3.09. The number of nitrogens with zero attached hydrogens (tertiary/aromatic N) is 4. The van der Waals surface area contributed by atoms with E-state index in [-0.39, 0.29) is 11.9 Å². The smallest absolute Gasteiger partial charge is 0.317 e. The molecule has 2 aromatic heterocycles. The lowest BCUT2D eigenvalue weighted by atomic mass is 9.94. The van der Waals surface area contributed by atoms with Crippen molar-refractivity contribution < 1.29 is 9.53 Å². The molecule has 1 aliphatic rings. The highest BCUT2D eigenvalue weighted by Crippen LogP contribution is 2.30. The first-order valence-electron chi connectivity index (χ1n) is 10.2. The van der Waals surface area contributed by atoms with E-state index in [1.807, 2.05) is 52.1 Å². The second-order valence-corrected chi connectivity index (χ2v) is 7.41. The van der Waals surface area contributed by atoms with Crippen LogP contribution < -0.4 is 10.1 Å². The summed E-state index contributed by atoms with van der Waals surface area (Å²) in [7, 11) is 1.66. The second-order valence-electron chi connectivity index (χ2n) is 7.41. The third-order valence-electron chi connectivity index (χ3n) is 5.48. The van der Waals surface area contributed by atoms with Gasteiger partial charge in [-0.05, 0) is 43.0 Å². The molecule has 1 unspecified atom stereocenters. The van der Waals surface area contributed by atoms with Crippen LogP contribution in [-0.4, -0.2) is 52.3 Å². The maximum Gasteiger partial charge on any atom is 0.317 e. The van der Waals surface area contributed by atoms with Gasteiger partial charge in [-0.15, -0.1) is 0 Å². The van der Waals surface area contributed by atoms with Crippen molar-refractivity contribution in [3.63, 3.8) is 0 Å². The molecule has 1 aromatic carbocycles. The Bertz CT molecular complexity index is 983. The number of aromatic nitrogens is 3. The molecule has 1 saturated heterocycles. The number of nitrogens with one attached hydrogen (secondary N) is 1. The van der Waals surface area contributed by atoms with Crippen molar-refractivity contribution in [1.29, 1.82) is 0 Å². The number of methoxy groups -OCH3 is 1. The fourth-order valence-corrected chi connectivity index (χ4v) is 3.94. The van der Waals surface area contributed by atoms with Gasteiger partial charge in [0.05, 0.1) is 19.0 Å². The Balaban J connectivity index is 1.61. The van der Waals surface area contributed by atoms with E-state index in [2.05, 4.69) is 22.3 Å². The Labute approximate surface area is 170 Å². The monoisotopic (exact) mass is 393 g/mol. The summed E-state index contributed by atoms with van der Waals surface area (Å²) >= 11 is 0. The van der Waals surface area contributed by atoms with E-state index < -0.39 is 0 Å². The van der Waals surface area contributed by atoms with E-state index in [4.69, 9.17) is 4.74 Å². The highest BCUT2D eigenvalue weighted by Gasteiger charge is 2.27. The van der Waals surface area contributed by atoms with Crippen molar-refractivity contribution in [2.75, 3.05) is 26.7 Å². The lowest BCUT2D eigenvalue weighted by molar-refractivity contribution is 0.178. The third-order valence-corrected chi connectivity index (χ3v) is 5.48. The number of amides is 2. The molecule has 0 radical (unpaired) electrons. The lowest BCUT2D eigenvalue weighted by Crippen LogP contribution is -2.45. The third kappa shape index (κ3) is 3.90. The Morgan fingerprint density at radius 1 is 1.28 bits per heavy atom. The molecule has 7 nitrogen and oxygen atoms in total. The summed E-state index contributed by atoms with van der Waals surface area (Å²) in [5.74, 6) is 1.06. The number of likely N-dealkylation sites (tertiary alicyclic amines) is 1. The summed E-state index contributed by atoms with van der Waals surface area (Å²) in [4.78, 5) is 18.9. The van der Waals surface area contributed by atoms with Crippen LogP contribution >= 0.6 is 0 Å². The highest BCUT2D eigenvalue weighted by atomic mass is 16.5. The van der Waals surface area contributed by atoms with Crippen LogP contribution in [0.15, 0.2) is 42.7 Å². The second kappa shape index (κ2) is 8.51. The Morgan fingerprint density at radius 3 is 2.86 bits per heavy atom. The number of benzene rings is 1. The average Bonchev–Trinajstić information content (AvgIpc) is 3.22. The van der Waals surface area contributed by atoms with Crippen molar-refractivity contribution in [2.45, 2.75) is 32.1 Å². The van der Waals surface area contributed by atoms with Gasteiger partial charge in [-0.25, -0.2) is 14.3 Å². The Kier molecular flexibility index (Phi) is 5.64. The zero-order valence-electron chi connectivity index (χ0n) is 17.0. The molecule has 4 rings (SSSR count). The summed E-state index contributed by atoms with van der Waals surface area (Å²) in [6.45, 7) is 4.28. The number of fused-ring (bicyclic) bond motifs is 1. The fourth-order valence-electron chi connectivity index (χ4n) is 3.94. The summed E-state index contributed by atoms with van der Waals surface area (Å²) in [6.07, 6.45) is 6.67. The normalized spacial score (nSPS) is 16.8. The van der Waals surface area contributed by atoms with E-state index in [9.17, 15) is 4.79 Å². The van der Waals surface area contributed by atoms with Crippen molar-refractivity contribution in [1.82, 2.24) is 24.8 Å². The number of ether oxygens (including phenoxy) is 1. The van der Waals surface area contributed by atoms with Gasteiger partial charge in [0.25, 0.3) is 0 Å². The predicted molar refractivity (Wildman–Crippen MR) is 112 cm³/mol. The van der Waals surface area contributed by atoms with E-state index >= 15 is 0 Å². The topological polar surface area (TPSA) is 71.8 Å². The number of carbonyl (C=O) groups excluding carboxylic acids is 1. The van der Waals surface area contributed by atoms with E-state index in [0.717, 1.165) is 54.0 Å². The number of hydrogen-bond donors (Lipinski definition) is 1. The molecule has 29 heavy (non-hydrogen) atoms. The molecule has 1 N–H and O–H groups in total. The number of hydrogen-bond acceptors (Lipinski definition) is 4. The van der Waals surface area contributed by atoms with Crippen molar-refractivity contribution in [3.05, 3.63) is 48.4 Å². The molecule has 7 heteroatoms. The highest BCUT2D eigenvalue weighted by molar-refractivity contribution is 5.77. The van der Waals surface area contributed by atoms with E-state index in [1.165, 1.54) is 0 Å². The lowest BCUT2D eigenvalue weighted by Gasteiger charge is -2.33. The van der Waals surface area contributed by atoms with Gasteiger partial charge in [-0.1, -0.05) is 19.1 Å². The van der Waals surface area contributed by atoms with E-state index in [1.54, 1.807) is 7.11 Å². The van der Waals surface area contributed by atoms with Gasteiger partial charge in [0.1, 0.15) is 5.75 Å². The van der Waals surface area contributed by atoms with E-state index in [0.29, 0.717) is 13.1 Å². The molecule has 1 aliphatic heterocycles. The maximum atomic E-state index is 12.4. The first kappa shape index (κ1) is 19.2. The van der Waals surface area contributed by atoms with Gasteiger partial charge in [0.2, 0.25) is 0 Å². The molecule has 1 fully saturated rings. The largest absolute Gasteiger partial charge is 0.497 e. The van der Waals surface area contributed by atoms with Crippen LogP contribution in [0.4, 0.5) is 4.79 Å². The molecule has 3 heterocycles. The van der Waals surface area contributed by atoms with Crippen LogP contribution in [-0.2, 0) is 0 Å². The van der Waals surface area contributed by atoms with Crippen LogP contribution in [0.2, 0.25) is 0 Å². The summed E-state index contributed by atoms with van der Waals surface area (Å²) in [5.41, 5.74) is 3.97. The summed E-state index contributed by atoms with van der Waals surface area (Å²) < 4.78 is 7.18. The van der Waals surface area contributed by atoms with Crippen LogP contribution in [0.5, 0.6) is 5.75 Å². The molecule has 152 valence electrons. The zero-order valence-corrected chi connectivity index (χ0v) is 17.0. The van der Waals surface area contributed by atoms with Crippen molar-refractivity contribution >= 4 is 11.7 Å². The van der Waals surface area contributed by atoms with Crippen LogP contribution in [0.3, 0.4) is 0 Å². The Morgan fingerprint density at radius 2 is 2.10 bits per heavy atom. The molecular weight excluding hydrogens is 366 g/mol. The number of urea groups is 1. The molecule has 0 bridgehead atoms. The molecule has 1 atom stereocenters. The van der Waals surface area contributed by atoms with Gasteiger partial charge in [0, 0.05) is 37.3 Å². The minimum atomic E-state index is 0.0289. The quantitative estimate of drug-likeness (QED) is 0.717. The summed E-state index contributed by atoms with van der Waals surface area (Å²) in [6, 6.07) is 9.97. The minimum absolute atomic E-state index is 0.0289. The first-order chi connectivity index (χ1) is 14.2. The number of rotatable bonds is 5. The van der Waals surface area contributed by atoms with Gasteiger partial charge < -0.3 is 15.0 Å². The number of carbonyl (C=O) groups is 1. The molecular formula is C22H27N5O2.